The van der Waals surface area contributed by atoms with Crippen molar-refractivity contribution in [2.24, 2.45) is 4.99 Å². The molecule has 1 aliphatic heterocycles. The predicted octanol–water partition coefficient (Wildman–Crippen LogP) is 3.60. The van der Waals surface area contributed by atoms with E-state index in [1.165, 1.54) is 11.1 Å². The molecule has 0 aromatic heterocycles. The summed E-state index contributed by atoms with van der Waals surface area (Å²) in [6.45, 7) is 2.73. The van der Waals surface area contributed by atoms with Crippen LogP contribution in [0.15, 0.2) is 59.6 Å². The molecule has 0 saturated carbocycles. The highest BCUT2D eigenvalue weighted by molar-refractivity contribution is 6.30. The molecule has 0 atom stereocenters. The van der Waals surface area contributed by atoms with Crippen LogP contribution in [-0.4, -0.2) is 23.8 Å². The van der Waals surface area contributed by atoms with Crippen molar-refractivity contribution >= 4 is 17.4 Å². The van der Waals surface area contributed by atoms with Crippen LogP contribution in [0.2, 0.25) is 5.02 Å². The van der Waals surface area contributed by atoms with Gasteiger partial charge in [0.25, 0.3) is 0 Å². The molecule has 0 saturated heterocycles. The summed E-state index contributed by atoms with van der Waals surface area (Å²) in [5.41, 5.74) is 2.45. The van der Waals surface area contributed by atoms with E-state index in [1.54, 1.807) is 0 Å². The summed E-state index contributed by atoms with van der Waals surface area (Å²) in [4.78, 5) is 6.94. The van der Waals surface area contributed by atoms with Crippen molar-refractivity contribution in [2.45, 2.75) is 6.54 Å². The number of hydrogen-bond acceptors (Lipinski definition) is 2. The lowest BCUT2D eigenvalue weighted by Crippen LogP contribution is -2.27. The first-order chi connectivity index (χ1) is 9.33. The fourth-order valence-corrected chi connectivity index (χ4v) is 2.43. The molecule has 96 valence electrons. The molecule has 2 aromatic rings. The van der Waals surface area contributed by atoms with E-state index in [0.717, 1.165) is 30.5 Å². The number of benzene rings is 2. The van der Waals surface area contributed by atoms with Gasteiger partial charge in [0.05, 0.1) is 6.54 Å². The Labute approximate surface area is 118 Å². The van der Waals surface area contributed by atoms with E-state index in [0.29, 0.717) is 0 Å². The fourth-order valence-electron chi connectivity index (χ4n) is 2.31. The van der Waals surface area contributed by atoms with Crippen LogP contribution in [0.4, 0.5) is 0 Å². The summed E-state index contributed by atoms with van der Waals surface area (Å²) in [7, 11) is 0. The van der Waals surface area contributed by atoms with Gasteiger partial charge in [-0.05, 0) is 17.7 Å². The molecule has 0 bridgehead atoms. The smallest absolute Gasteiger partial charge is 0.131 e. The zero-order valence-corrected chi connectivity index (χ0v) is 11.3. The highest BCUT2D eigenvalue weighted by atomic mass is 35.5. The monoisotopic (exact) mass is 270 g/mol. The van der Waals surface area contributed by atoms with Gasteiger partial charge in [-0.3, -0.25) is 4.99 Å². The summed E-state index contributed by atoms with van der Waals surface area (Å²) < 4.78 is 0. The third-order valence-electron chi connectivity index (χ3n) is 3.25. The maximum atomic E-state index is 5.92. The van der Waals surface area contributed by atoms with Crippen molar-refractivity contribution in [3.8, 4) is 0 Å². The van der Waals surface area contributed by atoms with Gasteiger partial charge in [0.15, 0.2) is 0 Å². The summed E-state index contributed by atoms with van der Waals surface area (Å²) in [6.07, 6.45) is 0. The number of aliphatic imine (C=N–C) groups is 1. The highest BCUT2D eigenvalue weighted by Crippen LogP contribution is 2.16. The molecule has 19 heavy (non-hydrogen) atoms. The van der Waals surface area contributed by atoms with Gasteiger partial charge in [-0.1, -0.05) is 54.1 Å². The highest BCUT2D eigenvalue weighted by Gasteiger charge is 2.18. The van der Waals surface area contributed by atoms with Crippen molar-refractivity contribution in [1.82, 2.24) is 4.90 Å². The van der Waals surface area contributed by atoms with Gasteiger partial charge in [-0.2, -0.15) is 0 Å². The van der Waals surface area contributed by atoms with E-state index in [1.807, 2.05) is 18.2 Å². The molecule has 0 fully saturated rings. The van der Waals surface area contributed by atoms with E-state index in [-0.39, 0.29) is 0 Å². The molecule has 1 heterocycles. The Balaban J connectivity index is 1.78. The molecule has 2 nitrogen and oxygen atoms in total. The lowest BCUT2D eigenvalue weighted by atomic mass is 10.1. The average Bonchev–Trinajstić information content (AvgIpc) is 2.90. The molecule has 0 N–H and O–H groups in total. The zero-order chi connectivity index (χ0) is 13.1. The lowest BCUT2D eigenvalue weighted by molar-refractivity contribution is 0.453. The van der Waals surface area contributed by atoms with Crippen molar-refractivity contribution in [3.05, 3.63) is 70.7 Å². The fraction of sp³-hybridized carbons (Fsp3) is 0.188. The van der Waals surface area contributed by atoms with Gasteiger partial charge in [0.2, 0.25) is 0 Å². The van der Waals surface area contributed by atoms with Crippen LogP contribution in [0.3, 0.4) is 0 Å². The molecule has 0 radical (unpaired) electrons. The molecule has 1 aliphatic rings. The Morgan fingerprint density at radius 1 is 1.00 bits per heavy atom. The van der Waals surface area contributed by atoms with E-state index < -0.39 is 0 Å². The van der Waals surface area contributed by atoms with Crippen molar-refractivity contribution in [1.29, 1.82) is 0 Å². The number of rotatable bonds is 3. The second kappa shape index (κ2) is 5.45. The minimum Gasteiger partial charge on any atom is -0.350 e. The molecule has 0 spiro atoms. The number of hydrogen-bond donors (Lipinski definition) is 0. The van der Waals surface area contributed by atoms with Crippen LogP contribution < -0.4 is 0 Å². The van der Waals surface area contributed by atoms with Crippen molar-refractivity contribution in [3.63, 3.8) is 0 Å². The van der Waals surface area contributed by atoms with E-state index in [9.17, 15) is 0 Å². The summed E-state index contributed by atoms with van der Waals surface area (Å²) in [5, 5.41) is 0.780. The van der Waals surface area contributed by atoms with Crippen molar-refractivity contribution in [2.75, 3.05) is 13.1 Å². The first-order valence-electron chi connectivity index (χ1n) is 6.42. The van der Waals surface area contributed by atoms with Gasteiger partial charge < -0.3 is 4.90 Å². The van der Waals surface area contributed by atoms with E-state index >= 15 is 0 Å². The SMILES string of the molecule is Clc1ccc(CN2CCN=C2c2ccccc2)cc1. The molecule has 0 unspecified atom stereocenters. The van der Waals surface area contributed by atoms with Crippen LogP contribution in [0.5, 0.6) is 0 Å². The molecular weight excluding hydrogens is 256 g/mol. The van der Waals surface area contributed by atoms with Crippen LogP contribution in [0, 0.1) is 0 Å². The zero-order valence-electron chi connectivity index (χ0n) is 10.6. The lowest BCUT2D eigenvalue weighted by Gasteiger charge is -2.20. The summed E-state index contributed by atoms with van der Waals surface area (Å²) in [6, 6.07) is 18.4. The number of halogens is 1. The Kier molecular flexibility index (Phi) is 3.51. The topological polar surface area (TPSA) is 15.6 Å². The predicted molar refractivity (Wildman–Crippen MR) is 79.7 cm³/mol. The van der Waals surface area contributed by atoms with Gasteiger partial charge in [-0.25, -0.2) is 0 Å². The van der Waals surface area contributed by atoms with Crippen molar-refractivity contribution < 1.29 is 0 Å². The van der Waals surface area contributed by atoms with Crippen LogP contribution in [-0.2, 0) is 6.54 Å². The molecule has 2 aromatic carbocycles. The van der Waals surface area contributed by atoms with E-state index in [2.05, 4.69) is 46.3 Å². The standard InChI is InChI=1S/C16H15ClN2/c17-15-8-6-13(7-9-15)12-19-11-10-18-16(19)14-4-2-1-3-5-14/h1-9H,10-12H2. The molecule has 3 rings (SSSR count). The minimum atomic E-state index is 0.780. The average molecular weight is 271 g/mol. The molecule has 3 heteroatoms. The maximum absolute atomic E-state index is 5.92. The van der Waals surface area contributed by atoms with E-state index in [4.69, 9.17) is 11.6 Å². The molecule has 0 amide bonds. The number of amidine groups is 1. The Morgan fingerprint density at radius 3 is 2.47 bits per heavy atom. The second-order valence-electron chi connectivity index (χ2n) is 4.62. The quantitative estimate of drug-likeness (QED) is 0.832. The van der Waals surface area contributed by atoms with Crippen LogP contribution in [0.25, 0.3) is 0 Å². The second-order valence-corrected chi connectivity index (χ2v) is 5.06. The van der Waals surface area contributed by atoms with Gasteiger partial charge >= 0.3 is 0 Å². The largest absolute Gasteiger partial charge is 0.350 e. The third kappa shape index (κ3) is 2.79. The van der Waals surface area contributed by atoms with Gasteiger partial charge in [0.1, 0.15) is 5.84 Å². The minimum absolute atomic E-state index is 0.780. The third-order valence-corrected chi connectivity index (χ3v) is 3.50. The summed E-state index contributed by atoms with van der Waals surface area (Å²) in [5.74, 6) is 1.09. The molecule has 0 aliphatic carbocycles. The first-order valence-corrected chi connectivity index (χ1v) is 6.80. The summed E-state index contributed by atoms with van der Waals surface area (Å²) >= 11 is 5.92. The van der Waals surface area contributed by atoms with Gasteiger partial charge in [0, 0.05) is 23.7 Å². The Morgan fingerprint density at radius 2 is 1.74 bits per heavy atom. The van der Waals surface area contributed by atoms with Crippen LogP contribution in [0.1, 0.15) is 11.1 Å². The molecular formula is C16H15ClN2. The normalized spacial score (nSPS) is 14.6. The van der Waals surface area contributed by atoms with Gasteiger partial charge in [-0.15, -0.1) is 0 Å². The number of nitrogens with zero attached hydrogens (tertiary/aromatic N) is 2. The Bertz CT molecular complexity index is 575. The Hall–Kier alpha value is -1.80. The van der Waals surface area contributed by atoms with Crippen LogP contribution >= 0.6 is 11.6 Å². The first kappa shape index (κ1) is 12.2. The maximum Gasteiger partial charge on any atom is 0.131 e.